The molecule has 0 spiro atoms. The Labute approximate surface area is 169 Å². The standard InChI is InChI=1S/C20H23N3O5S/c1-21-13-16(29(26,27)22-8-3-4-9-22)12-18(21)19(24)23-10-7-14-11-15(20(25)28-2)5-6-17(14)23/h5-6,11-13H,3-4,7-10H2,1-2H3. The van der Waals surface area contributed by atoms with Crippen molar-refractivity contribution in [1.29, 1.82) is 0 Å². The van der Waals surface area contributed by atoms with E-state index in [0.29, 0.717) is 37.3 Å². The summed E-state index contributed by atoms with van der Waals surface area (Å²) in [6.07, 6.45) is 3.83. The molecule has 1 aromatic carbocycles. The molecule has 3 heterocycles. The Hall–Kier alpha value is -2.65. The van der Waals surface area contributed by atoms with Crippen LogP contribution in [0.4, 0.5) is 5.69 Å². The molecular weight excluding hydrogens is 394 g/mol. The predicted molar refractivity (Wildman–Crippen MR) is 107 cm³/mol. The minimum Gasteiger partial charge on any atom is -0.465 e. The fourth-order valence-electron chi connectivity index (χ4n) is 3.96. The molecule has 4 rings (SSSR count). The maximum atomic E-state index is 13.2. The highest BCUT2D eigenvalue weighted by atomic mass is 32.2. The Morgan fingerprint density at radius 3 is 2.48 bits per heavy atom. The lowest BCUT2D eigenvalue weighted by atomic mass is 10.1. The van der Waals surface area contributed by atoms with Crippen molar-refractivity contribution in [1.82, 2.24) is 8.87 Å². The number of ether oxygens (including phenoxy) is 1. The number of amides is 1. The number of sulfonamides is 1. The fraction of sp³-hybridized carbons (Fsp3) is 0.400. The van der Waals surface area contributed by atoms with Gasteiger partial charge in [-0.15, -0.1) is 0 Å². The van der Waals surface area contributed by atoms with Crippen molar-refractivity contribution in [3.8, 4) is 0 Å². The van der Waals surface area contributed by atoms with Crippen LogP contribution in [-0.4, -0.2) is 55.9 Å². The summed E-state index contributed by atoms with van der Waals surface area (Å²) in [4.78, 5) is 26.7. The van der Waals surface area contributed by atoms with E-state index in [1.165, 1.54) is 23.7 Å². The summed E-state index contributed by atoms with van der Waals surface area (Å²) in [7, 11) is -0.583. The van der Waals surface area contributed by atoms with E-state index in [9.17, 15) is 18.0 Å². The van der Waals surface area contributed by atoms with Crippen molar-refractivity contribution in [3.63, 3.8) is 0 Å². The highest BCUT2D eigenvalue weighted by Crippen LogP contribution is 2.31. The summed E-state index contributed by atoms with van der Waals surface area (Å²) in [5, 5.41) is 0. The van der Waals surface area contributed by atoms with Gasteiger partial charge < -0.3 is 14.2 Å². The quantitative estimate of drug-likeness (QED) is 0.708. The van der Waals surface area contributed by atoms with E-state index in [1.807, 2.05) is 0 Å². The molecule has 1 aromatic heterocycles. The van der Waals surface area contributed by atoms with Crippen molar-refractivity contribution in [2.75, 3.05) is 31.6 Å². The second kappa shape index (κ2) is 7.31. The molecule has 2 aromatic rings. The summed E-state index contributed by atoms with van der Waals surface area (Å²) in [5.74, 6) is -0.684. The number of hydrogen-bond acceptors (Lipinski definition) is 5. The average Bonchev–Trinajstić information content (AvgIpc) is 3.45. The molecule has 0 N–H and O–H groups in total. The molecule has 154 valence electrons. The number of hydrogen-bond donors (Lipinski definition) is 0. The van der Waals surface area contributed by atoms with E-state index in [4.69, 9.17) is 4.74 Å². The summed E-state index contributed by atoms with van der Waals surface area (Å²) >= 11 is 0. The summed E-state index contributed by atoms with van der Waals surface area (Å²) in [5.41, 5.74) is 2.37. The Morgan fingerprint density at radius 1 is 1.07 bits per heavy atom. The van der Waals surface area contributed by atoms with E-state index >= 15 is 0 Å². The predicted octanol–water partition coefficient (Wildman–Crippen LogP) is 1.80. The third-order valence-corrected chi connectivity index (χ3v) is 7.41. The number of benzene rings is 1. The lowest BCUT2D eigenvalue weighted by Crippen LogP contribution is -2.30. The van der Waals surface area contributed by atoms with Crippen LogP contribution in [0.5, 0.6) is 0 Å². The molecule has 8 nitrogen and oxygen atoms in total. The highest BCUT2D eigenvalue weighted by molar-refractivity contribution is 7.89. The second-order valence-electron chi connectivity index (χ2n) is 7.33. The number of esters is 1. The van der Waals surface area contributed by atoms with Crippen LogP contribution in [-0.2, 0) is 28.2 Å². The maximum Gasteiger partial charge on any atom is 0.337 e. The van der Waals surface area contributed by atoms with Crippen molar-refractivity contribution in [2.24, 2.45) is 7.05 Å². The number of rotatable bonds is 4. The normalized spacial score (nSPS) is 16.8. The van der Waals surface area contributed by atoms with Crippen LogP contribution in [0.1, 0.15) is 39.3 Å². The third kappa shape index (κ3) is 3.34. The Balaban J connectivity index is 1.62. The zero-order valence-electron chi connectivity index (χ0n) is 16.4. The van der Waals surface area contributed by atoms with Gasteiger partial charge in [0.15, 0.2) is 0 Å². The van der Waals surface area contributed by atoms with Gasteiger partial charge in [0.1, 0.15) is 10.6 Å². The molecule has 0 saturated carbocycles. The van der Waals surface area contributed by atoms with E-state index < -0.39 is 16.0 Å². The maximum absolute atomic E-state index is 13.2. The first-order chi connectivity index (χ1) is 13.8. The number of anilines is 1. The minimum atomic E-state index is -3.59. The molecule has 0 unspecified atom stereocenters. The van der Waals surface area contributed by atoms with Gasteiger partial charge in [0.05, 0.1) is 12.7 Å². The van der Waals surface area contributed by atoms with Gasteiger partial charge in [0.2, 0.25) is 10.0 Å². The minimum absolute atomic E-state index is 0.144. The van der Waals surface area contributed by atoms with E-state index in [2.05, 4.69) is 0 Å². The molecule has 9 heteroatoms. The van der Waals surface area contributed by atoms with Crippen molar-refractivity contribution >= 4 is 27.6 Å². The smallest absolute Gasteiger partial charge is 0.337 e. The van der Waals surface area contributed by atoms with Gasteiger partial charge in [-0.3, -0.25) is 4.79 Å². The molecule has 0 bridgehead atoms. The van der Waals surface area contributed by atoms with Gasteiger partial charge in [-0.25, -0.2) is 13.2 Å². The van der Waals surface area contributed by atoms with Crippen molar-refractivity contribution in [2.45, 2.75) is 24.2 Å². The molecular formula is C20H23N3O5S. The average molecular weight is 417 g/mol. The number of carbonyl (C=O) groups is 2. The Kier molecular flexibility index (Phi) is 4.95. The molecule has 0 atom stereocenters. The zero-order chi connectivity index (χ0) is 20.8. The fourth-order valence-corrected chi connectivity index (χ4v) is 5.55. The van der Waals surface area contributed by atoms with Gasteiger partial charge in [-0.05, 0) is 49.1 Å². The SMILES string of the molecule is COC(=O)c1ccc2c(c1)CCN2C(=O)c1cc(S(=O)(=O)N2CCCC2)cn1C. The van der Waals surface area contributed by atoms with Gasteiger partial charge in [0.25, 0.3) is 5.91 Å². The highest BCUT2D eigenvalue weighted by Gasteiger charge is 2.32. The van der Waals surface area contributed by atoms with Gasteiger partial charge >= 0.3 is 5.97 Å². The van der Waals surface area contributed by atoms with Gasteiger partial charge in [-0.1, -0.05) is 0 Å². The number of carbonyl (C=O) groups excluding carboxylic acids is 2. The van der Waals surface area contributed by atoms with E-state index in [0.717, 1.165) is 24.1 Å². The van der Waals surface area contributed by atoms with Crippen molar-refractivity contribution < 1.29 is 22.7 Å². The first kappa shape index (κ1) is 19.7. The largest absolute Gasteiger partial charge is 0.465 e. The van der Waals surface area contributed by atoms with Crippen molar-refractivity contribution in [3.05, 3.63) is 47.3 Å². The Morgan fingerprint density at radius 2 is 1.79 bits per heavy atom. The molecule has 29 heavy (non-hydrogen) atoms. The first-order valence-corrected chi connectivity index (χ1v) is 11.0. The van der Waals surface area contributed by atoms with Crippen LogP contribution in [0.3, 0.4) is 0 Å². The van der Waals surface area contributed by atoms with E-state index in [1.54, 1.807) is 34.7 Å². The lowest BCUT2D eigenvalue weighted by molar-refractivity contribution is 0.0600. The summed E-state index contributed by atoms with van der Waals surface area (Å²) < 4.78 is 33.4. The zero-order valence-corrected chi connectivity index (χ0v) is 17.2. The van der Waals surface area contributed by atoms with Crippen LogP contribution >= 0.6 is 0 Å². The van der Waals surface area contributed by atoms with Crippen LogP contribution < -0.4 is 4.90 Å². The number of fused-ring (bicyclic) bond motifs is 1. The lowest BCUT2D eigenvalue weighted by Gasteiger charge is -2.18. The van der Waals surface area contributed by atoms with Crippen LogP contribution in [0.25, 0.3) is 0 Å². The second-order valence-corrected chi connectivity index (χ2v) is 9.26. The number of methoxy groups -OCH3 is 1. The third-order valence-electron chi connectivity index (χ3n) is 5.54. The molecule has 1 saturated heterocycles. The van der Waals surface area contributed by atoms with E-state index in [-0.39, 0.29) is 10.8 Å². The molecule has 1 fully saturated rings. The Bertz CT molecular complexity index is 1080. The molecule has 2 aliphatic rings. The summed E-state index contributed by atoms with van der Waals surface area (Å²) in [6.45, 7) is 1.50. The number of nitrogens with zero attached hydrogens (tertiary/aromatic N) is 3. The number of aromatic nitrogens is 1. The van der Waals surface area contributed by atoms with Gasteiger partial charge in [-0.2, -0.15) is 4.31 Å². The number of aryl methyl sites for hydroxylation is 1. The molecule has 0 aliphatic carbocycles. The first-order valence-electron chi connectivity index (χ1n) is 9.52. The van der Waals surface area contributed by atoms with Crippen LogP contribution in [0.2, 0.25) is 0 Å². The molecule has 2 aliphatic heterocycles. The van der Waals surface area contributed by atoms with Gasteiger partial charge in [0, 0.05) is 38.6 Å². The topological polar surface area (TPSA) is 88.9 Å². The monoisotopic (exact) mass is 417 g/mol. The summed E-state index contributed by atoms with van der Waals surface area (Å²) in [6, 6.07) is 6.56. The van der Waals surface area contributed by atoms with Crippen LogP contribution in [0.15, 0.2) is 35.4 Å². The van der Waals surface area contributed by atoms with Crippen LogP contribution in [0, 0.1) is 0 Å². The molecule has 0 radical (unpaired) electrons. The molecule has 1 amide bonds.